The fourth-order valence-electron chi connectivity index (χ4n) is 2.43. The number of nitrogens with zero attached hydrogens (tertiary/aromatic N) is 2. The fourth-order valence-corrected chi connectivity index (χ4v) is 2.43. The second-order valence-corrected chi connectivity index (χ2v) is 4.28. The third-order valence-corrected chi connectivity index (χ3v) is 3.13. The molecule has 88 valence electrons. The lowest BCUT2D eigenvalue weighted by molar-refractivity contribution is -0.137. The predicted octanol–water partition coefficient (Wildman–Crippen LogP) is 1.01. The third kappa shape index (κ3) is 1.95. The van der Waals surface area contributed by atoms with Gasteiger partial charge in [0, 0.05) is 17.3 Å². The van der Waals surface area contributed by atoms with Crippen LogP contribution in [0.25, 0.3) is 0 Å². The van der Waals surface area contributed by atoms with Gasteiger partial charge in [0.25, 0.3) is 0 Å². The molecule has 2 heterocycles. The van der Waals surface area contributed by atoms with Crippen molar-refractivity contribution in [1.82, 2.24) is 15.1 Å². The highest BCUT2D eigenvalue weighted by atomic mass is 16.4. The summed E-state index contributed by atoms with van der Waals surface area (Å²) < 4.78 is 1.58. The molecule has 0 saturated carbocycles. The molecule has 1 saturated heterocycles. The summed E-state index contributed by atoms with van der Waals surface area (Å²) in [5.74, 6) is -0.850. The van der Waals surface area contributed by atoms with Crippen LogP contribution in [0.2, 0.25) is 0 Å². The number of aliphatic carboxylic acids is 1. The summed E-state index contributed by atoms with van der Waals surface area (Å²) in [6, 6.07) is 0.350. The number of hydrogen-bond donors (Lipinski definition) is 2. The molecule has 5 heteroatoms. The first-order valence-electron chi connectivity index (χ1n) is 5.58. The van der Waals surface area contributed by atoms with E-state index in [0.717, 1.165) is 24.4 Å². The third-order valence-electron chi connectivity index (χ3n) is 3.13. The molecule has 1 fully saturated rings. The molecule has 1 unspecified atom stereocenters. The van der Waals surface area contributed by atoms with Crippen LogP contribution < -0.4 is 5.32 Å². The highest BCUT2D eigenvalue weighted by molar-refractivity contribution is 5.66. The topological polar surface area (TPSA) is 67.2 Å². The Morgan fingerprint density at radius 1 is 1.62 bits per heavy atom. The van der Waals surface area contributed by atoms with Crippen molar-refractivity contribution in [2.24, 2.45) is 0 Å². The minimum absolute atomic E-state index is 0.0562. The number of rotatable bonds is 3. The normalized spacial score (nSPS) is 20.2. The number of carbonyl (C=O) groups is 1. The minimum atomic E-state index is -0.850. The zero-order chi connectivity index (χ0) is 11.7. The summed E-state index contributed by atoms with van der Waals surface area (Å²) in [5, 5.41) is 16.5. The summed E-state index contributed by atoms with van der Waals surface area (Å²) in [4.78, 5) is 10.7. The average Bonchev–Trinajstić information content (AvgIpc) is 2.76. The van der Waals surface area contributed by atoms with Crippen molar-refractivity contribution >= 4 is 5.97 Å². The van der Waals surface area contributed by atoms with Crippen LogP contribution in [0.1, 0.15) is 35.8 Å². The van der Waals surface area contributed by atoms with E-state index in [0.29, 0.717) is 6.04 Å². The molecule has 0 bridgehead atoms. The van der Waals surface area contributed by atoms with Crippen molar-refractivity contribution in [3.63, 3.8) is 0 Å². The number of hydrogen-bond acceptors (Lipinski definition) is 3. The molecule has 1 aromatic rings. The van der Waals surface area contributed by atoms with E-state index in [1.54, 1.807) is 4.68 Å². The Morgan fingerprint density at radius 2 is 2.38 bits per heavy atom. The average molecular weight is 223 g/mol. The molecule has 0 radical (unpaired) electrons. The molecular formula is C11H17N3O2. The van der Waals surface area contributed by atoms with Gasteiger partial charge in [-0.15, -0.1) is 0 Å². The number of aryl methyl sites for hydroxylation is 1. The largest absolute Gasteiger partial charge is 0.480 e. The number of carboxylic acids is 1. The molecule has 0 aliphatic carbocycles. The second-order valence-electron chi connectivity index (χ2n) is 4.28. The molecule has 2 N–H and O–H groups in total. The molecule has 5 nitrogen and oxygen atoms in total. The Kier molecular flexibility index (Phi) is 2.96. The van der Waals surface area contributed by atoms with E-state index in [1.807, 2.05) is 13.8 Å². The van der Waals surface area contributed by atoms with E-state index in [2.05, 4.69) is 10.4 Å². The van der Waals surface area contributed by atoms with Gasteiger partial charge in [0.15, 0.2) is 0 Å². The lowest BCUT2D eigenvalue weighted by Gasteiger charge is -2.10. The van der Waals surface area contributed by atoms with E-state index < -0.39 is 5.97 Å². The number of aromatic nitrogens is 2. The Bertz CT molecular complexity index is 406. The lowest BCUT2D eigenvalue weighted by atomic mass is 10.0. The van der Waals surface area contributed by atoms with Gasteiger partial charge in [-0.2, -0.15) is 5.10 Å². The number of nitrogens with one attached hydrogen (secondary N) is 1. The standard InChI is InChI=1S/C11H17N3O2/c1-7-11(9-4-3-5-12-9)8(2)14(13-7)6-10(15)16/h9,12H,3-6H2,1-2H3,(H,15,16). The summed E-state index contributed by atoms with van der Waals surface area (Å²) in [5.41, 5.74) is 3.09. The van der Waals surface area contributed by atoms with Gasteiger partial charge in [0.2, 0.25) is 0 Å². The summed E-state index contributed by atoms with van der Waals surface area (Å²) in [6.45, 7) is 4.87. The fraction of sp³-hybridized carbons (Fsp3) is 0.636. The Morgan fingerprint density at radius 3 is 2.94 bits per heavy atom. The van der Waals surface area contributed by atoms with Gasteiger partial charge < -0.3 is 10.4 Å². The predicted molar refractivity (Wildman–Crippen MR) is 59.3 cm³/mol. The van der Waals surface area contributed by atoms with Crippen LogP contribution in [0.3, 0.4) is 0 Å². The van der Waals surface area contributed by atoms with Crippen LogP contribution in [-0.4, -0.2) is 27.4 Å². The van der Waals surface area contributed by atoms with Gasteiger partial charge in [-0.25, -0.2) is 0 Å². The monoisotopic (exact) mass is 223 g/mol. The van der Waals surface area contributed by atoms with Gasteiger partial charge >= 0.3 is 5.97 Å². The van der Waals surface area contributed by atoms with Gasteiger partial charge in [-0.3, -0.25) is 9.48 Å². The van der Waals surface area contributed by atoms with Crippen molar-refractivity contribution in [2.45, 2.75) is 39.3 Å². The first kappa shape index (κ1) is 11.1. The van der Waals surface area contributed by atoms with E-state index in [9.17, 15) is 4.79 Å². The second kappa shape index (κ2) is 4.25. The minimum Gasteiger partial charge on any atom is -0.480 e. The smallest absolute Gasteiger partial charge is 0.325 e. The summed E-state index contributed by atoms with van der Waals surface area (Å²) in [6.07, 6.45) is 2.29. The first-order valence-corrected chi connectivity index (χ1v) is 5.58. The van der Waals surface area contributed by atoms with Gasteiger partial charge in [0.05, 0.1) is 5.69 Å². The van der Waals surface area contributed by atoms with Gasteiger partial charge in [0.1, 0.15) is 6.54 Å². The van der Waals surface area contributed by atoms with E-state index in [1.165, 1.54) is 12.0 Å². The maximum Gasteiger partial charge on any atom is 0.325 e. The maximum atomic E-state index is 10.7. The lowest BCUT2D eigenvalue weighted by Crippen LogP contribution is -2.15. The highest BCUT2D eigenvalue weighted by Gasteiger charge is 2.23. The first-order chi connectivity index (χ1) is 7.59. The Hall–Kier alpha value is -1.36. The molecule has 0 spiro atoms. The summed E-state index contributed by atoms with van der Waals surface area (Å²) in [7, 11) is 0. The van der Waals surface area contributed by atoms with E-state index >= 15 is 0 Å². The van der Waals surface area contributed by atoms with Gasteiger partial charge in [-0.1, -0.05) is 0 Å². The van der Waals surface area contributed by atoms with Crippen LogP contribution in [-0.2, 0) is 11.3 Å². The van der Waals surface area contributed by atoms with E-state index in [-0.39, 0.29) is 6.54 Å². The number of carboxylic acid groups (broad SMARTS) is 1. The van der Waals surface area contributed by atoms with Crippen LogP contribution in [0.5, 0.6) is 0 Å². The molecular weight excluding hydrogens is 206 g/mol. The van der Waals surface area contributed by atoms with Crippen molar-refractivity contribution < 1.29 is 9.90 Å². The molecule has 1 aromatic heterocycles. The molecule has 1 atom stereocenters. The van der Waals surface area contributed by atoms with Crippen molar-refractivity contribution in [3.05, 3.63) is 17.0 Å². The van der Waals surface area contributed by atoms with Crippen molar-refractivity contribution in [2.75, 3.05) is 6.54 Å². The van der Waals surface area contributed by atoms with Crippen LogP contribution in [0.4, 0.5) is 0 Å². The quantitative estimate of drug-likeness (QED) is 0.802. The Labute approximate surface area is 94.5 Å². The summed E-state index contributed by atoms with van der Waals surface area (Å²) >= 11 is 0. The molecule has 16 heavy (non-hydrogen) atoms. The van der Waals surface area contributed by atoms with Gasteiger partial charge in [-0.05, 0) is 33.2 Å². The maximum absolute atomic E-state index is 10.7. The SMILES string of the molecule is Cc1nn(CC(=O)O)c(C)c1C1CCCN1. The van der Waals surface area contributed by atoms with Crippen molar-refractivity contribution in [3.8, 4) is 0 Å². The zero-order valence-electron chi connectivity index (χ0n) is 9.66. The molecule has 1 aliphatic rings. The van der Waals surface area contributed by atoms with Crippen molar-refractivity contribution in [1.29, 1.82) is 0 Å². The van der Waals surface area contributed by atoms with E-state index in [4.69, 9.17) is 5.11 Å². The molecule has 0 amide bonds. The van der Waals surface area contributed by atoms with Crippen LogP contribution in [0.15, 0.2) is 0 Å². The van der Waals surface area contributed by atoms with Crippen LogP contribution in [0, 0.1) is 13.8 Å². The molecule has 0 aromatic carbocycles. The highest BCUT2D eigenvalue weighted by Crippen LogP contribution is 2.28. The molecule has 2 rings (SSSR count). The molecule has 1 aliphatic heterocycles. The zero-order valence-corrected chi connectivity index (χ0v) is 9.66. The van der Waals surface area contributed by atoms with Crippen LogP contribution >= 0.6 is 0 Å². The Balaban J connectivity index is 2.30.